The van der Waals surface area contributed by atoms with Crippen molar-refractivity contribution >= 4 is 28.4 Å². The van der Waals surface area contributed by atoms with Gasteiger partial charge in [0.25, 0.3) is 5.91 Å². The molecule has 1 aromatic heterocycles. The molecule has 0 unspecified atom stereocenters. The van der Waals surface area contributed by atoms with Gasteiger partial charge in [0.05, 0.1) is 11.3 Å². The molecule has 1 aliphatic carbocycles. The summed E-state index contributed by atoms with van der Waals surface area (Å²) in [5.41, 5.74) is 3.77. The predicted molar refractivity (Wildman–Crippen MR) is 77.4 cm³/mol. The first-order valence-electron chi connectivity index (χ1n) is 6.81. The Kier molecular flexibility index (Phi) is 3.13. The van der Waals surface area contributed by atoms with E-state index in [1.807, 2.05) is 6.92 Å². The van der Waals surface area contributed by atoms with Gasteiger partial charge >= 0.3 is 0 Å². The molecule has 0 amide bonds. The summed E-state index contributed by atoms with van der Waals surface area (Å²) in [7, 11) is 0. The molecule has 0 bridgehead atoms. The number of carbonyl (C=O) groups is 2. The van der Waals surface area contributed by atoms with Crippen LogP contribution in [0.4, 0.5) is 0 Å². The van der Waals surface area contributed by atoms with Crippen molar-refractivity contribution in [3.05, 3.63) is 28.6 Å². The number of fused-ring (bicyclic) bond motifs is 3. The Morgan fingerprint density at radius 3 is 2.79 bits per heavy atom. The highest BCUT2D eigenvalue weighted by atomic mass is 32.2. The number of carbonyl (C=O) groups excluding carboxylic acids is 2. The molecule has 0 saturated carbocycles. The van der Waals surface area contributed by atoms with Gasteiger partial charge in [0, 0.05) is 10.6 Å². The molecular weight excluding hydrogens is 258 g/mol. The van der Waals surface area contributed by atoms with E-state index < -0.39 is 0 Å². The van der Waals surface area contributed by atoms with Gasteiger partial charge in [0.15, 0.2) is 5.78 Å². The van der Waals surface area contributed by atoms with Gasteiger partial charge in [-0.3, -0.25) is 14.2 Å². The zero-order chi connectivity index (χ0) is 13.6. The van der Waals surface area contributed by atoms with Crippen molar-refractivity contribution in [1.29, 1.82) is 0 Å². The van der Waals surface area contributed by atoms with Crippen LogP contribution in [0.25, 0.3) is 4.91 Å². The number of thioether (sulfide) groups is 1. The SMILES string of the molecule is CCSC1=C(C(C)=O)C(=O)n2c1cc1c2CCCC1. The number of aryl methyl sites for hydroxylation is 1. The Balaban J connectivity index is 2.18. The van der Waals surface area contributed by atoms with E-state index in [1.54, 1.807) is 16.3 Å². The van der Waals surface area contributed by atoms with E-state index in [1.165, 1.54) is 18.9 Å². The zero-order valence-electron chi connectivity index (χ0n) is 11.3. The molecule has 0 N–H and O–H groups in total. The minimum absolute atomic E-state index is 0.110. The molecule has 3 rings (SSSR count). The molecule has 100 valence electrons. The molecule has 0 radical (unpaired) electrons. The predicted octanol–water partition coefficient (Wildman–Crippen LogP) is 3.07. The fraction of sp³-hybridized carbons (Fsp3) is 0.467. The molecule has 0 aromatic carbocycles. The highest BCUT2D eigenvalue weighted by Crippen LogP contribution is 2.41. The van der Waals surface area contributed by atoms with Crippen molar-refractivity contribution in [2.24, 2.45) is 0 Å². The van der Waals surface area contributed by atoms with Gasteiger partial charge < -0.3 is 0 Å². The lowest BCUT2D eigenvalue weighted by molar-refractivity contribution is -0.113. The first-order chi connectivity index (χ1) is 9.15. The molecule has 19 heavy (non-hydrogen) atoms. The molecule has 3 nitrogen and oxygen atoms in total. The van der Waals surface area contributed by atoms with Gasteiger partial charge in [-0.2, -0.15) is 0 Å². The maximum Gasteiger partial charge on any atom is 0.267 e. The van der Waals surface area contributed by atoms with Gasteiger partial charge in [-0.1, -0.05) is 6.92 Å². The van der Waals surface area contributed by atoms with E-state index in [0.717, 1.165) is 41.3 Å². The first kappa shape index (κ1) is 12.7. The van der Waals surface area contributed by atoms with E-state index in [-0.39, 0.29) is 11.7 Å². The normalized spacial score (nSPS) is 17.7. The number of nitrogens with zero attached hydrogens (tertiary/aromatic N) is 1. The van der Waals surface area contributed by atoms with Gasteiger partial charge in [0.2, 0.25) is 0 Å². The Bertz CT molecular complexity index is 610. The monoisotopic (exact) mass is 275 g/mol. The van der Waals surface area contributed by atoms with Crippen LogP contribution >= 0.6 is 11.8 Å². The Hall–Kier alpha value is -1.29. The van der Waals surface area contributed by atoms with E-state index in [4.69, 9.17) is 0 Å². The lowest BCUT2D eigenvalue weighted by atomic mass is 9.97. The number of hydrogen-bond donors (Lipinski definition) is 0. The number of hydrogen-bond acceptors (Lipinski definition) is 3. The molecule has 1 aromatic rings. The Morgan fingerprint density at radius 2 is 2.11 bits per heavy atom. The van der Waals surface area contributed by atoms with Crippen molar-refractivity contribution in [2.45, 2.75) is 39.5 Å². The number of rotatable bonds is 3. The first-order valence-corrected chi connectivity index (χ1v) is 7.80. The van der Waals surface area contributed by atoms with E-state index >= 15 is 0 Å². The summed E-state index contributed by atoms with van der Waals surface area (Å²) < 4.78 is 1.79. The number of Topliss-reactive ketones (excluding diaryl/α,β-unsaturated/α-hetero) is 1. The van der Waals surface area contributed by atoms with Crippen LogP contribution in [0.2, 0.25) is 0 Å². The summed E-state index contributed by atoms with van der Waals surface area (Å²) in [6, 6.07) is 2.13. The van der Waals surface area contributed by atoms with Crippen LogP contribution in [0.3, 0.4) is 0 Å². The van der Waals surface area contributed by atoms with Crippen LogP contribution in [0, 0.1) is 0 Å². The van der Waals surface area contributed by atoms with Gasteiger partial charge in [-0.05, 0) is 50.0 Å². The molecule has 0 spiro atoms. The maximum absolute atomic E-state index is 12.5. The highest BCUT2D eigenvalue weighted by molar-refractivity contribution is 8.08. The van der Waals surface area contributed by atoms with Gasteiger partial charge in [0.1, 0.15) is 0 Å². The van der Waals surface area contributed by atoms with Crippen LogP contribution in [0.5, 0.6) is 0 Å². The van der Waals surface area contributed by atoms with Crippen molar-refractivity contribution in [3.63, 3.8) is 0 Å². The minimum atomic E-state index is -0.116. The van der Waals surface area contributed by atoms with Gasteiger partial charge in [-0.15, -0.1) is 11.8 Å². The molecular formula is C15H17NO2S. The molecule has 0 atom stereocenters. The number of allylic oxidation sites excluding steroid dienone is 1. The summed E-state index contributed by atoms with van der Waals surface area (Å²) in [6.45, 7) is 3.54. The smallest absolute Gasteiger partial charge is 0.267 e. The minimum Gasteiger partial charge on any atom is -0.294 e. The molecule has 2 heterocycles. The summed E-state index contributed by atoms with van der Waals surface area (Å²) in [5.74, 6) is 0.644. The topological polar surface area (TPSA) is 39.1 Å². The quantitative estimate of drug-likeness (QED) is 0.796. The van der Waals surface area contributed by atoms with Crippen LogP contribution in [0.15, 0.2) is 11.6 Å². The molecule has 1 aliphatic heterocycles. The average Bonchev–Trinajstić information content (AvgIpc) is 2.87. The maximum atomic E-state index is 12.5. The molecule has 2 aliphatic rings. The summed E-state index contributed by atoms with van der Waals surface area (Å²) in [6.07, 6.45) is 4.35. The molecule has 0 fully saturated rings. The van der Waals surface area contributed by atoms with E-state index in [2.05, 4.69) is 6.07 Å². The van der Waals surface area contributed by atoms with Crippen molar-refractivity contribution in [1.82, 2.24) is 4.57 Å². The molecule has 0 saturated heterocycles. The Morgan fingerprint density at radius 1 is 1.37 bits per heavy atom. The summed E-state index contributed by atoms with van der Waals surface area (Å²) >= 11 is 1.60. The second kappa shape index (κ2) is 4.67. The van der Waals surface area contributed by atoms with Crippen LogP contribution in [0.1, 0.15) is 48.4 Å². The van der Waals surface area contributed by atoms with Crippen LogP contribution < -0.4 is 0 Å². The highest BCUT2D eigenvalue weighted by Gasteiger charge is 2.35. The van der Waals surface area contributed by atoms with Crippen molar-refractivity contribution in [2.75, 3.05) is 5.75 Å². The van der Waals surface area contributed by atoms with Crippen molar-refractivity contribution in [3.8, 4) is 0 Å². The third kappa shape index (κ3) is 1.81. The van der Waals surface area contributed by atoms with Crippen molar-refractivity contribution < 1.29 is 9.59 Å². The van der Waals surface area contributed by atoms with E-state index in [0.29, 0.717) is 5.57 Å². The molecule has 4 heteroatoms. The lowest BCUT2D eigenvalue weighted by Gasteiger charge is -2.13. The van der Waals surface area contributed by atoms with Gasteiger partial charge in [-0.25, -0.2) is 0 Å². The standard InChI is InChI=1S/C15H17NO2S/c1-3-19-14-12-8-10-6-4-5-7-11(10)16(12)15(18)13(14)9(2)17/h8H,3-7H2,1-2H3. The fourth-order valence-corrected chi connectivity index (χ4v) is 4.00. The third-order valence-corrected chi connectivity index (χ3v) is 4.81. The fourth-order valence-electron chi connectivity index (χ4n) is 3.04. The zero-order valence-corrected chi connectivity index (χ0v) is 12.1. The summed E-state index contributed by atoms with van der Waals surface area (Å²) in [5, 5.41) is 0. The summed E-state index contributed by atoms with van der Waals surface area (Å²) in [4.78, 5) is 25.2. The number of aromatic nitrogens is 1. The van der Waals surface area contributed by atoms with Crippen LogP contribution in [-0.4, -0.2) is 22.0 Å². The second-order valence-electron chi connectivity index (χ2n) is 5.04. The largest absolute Gasteiger partial charge is 0.294 e. The second-order valence-corrected chi connectivity index (χ2v) is 6.32. The average molecular weight is 275 g/mol. The lowest BCUT2D eigenvalue weighted by Crippen LogP contribution is -2.17. The van der Waals surface area contributed by atoms with E-state index in [9.17, 15) is 9.59 Å². The van der Waals surface area contributed by atoms with Crippen LogP contribution in [-0.2, 0) is 17.6 Å². The number of ketones is 1. The third-order valence-electron chi connectivity index (χ3n) is 3.82. The Labute approximate surface area is 117 Å².